The molecule has 5 aliphatic rings. The lowest BCUT2D eigenvalue weighted by atomic mass is 9.96. The summed E-state index contributed by atoms with van der Waals surface area (Å²) in [7, 11) is 1.34. The van der Waals surface area contributed by atoms with Crippen molar-refractivity contribution < 1.29 is 33.3 Å². The number of carboxylic acids is 1. The molecule has 0 saturated carbocycles. The van der Waals surface area contributed by atoms with Crippen LogP contribution in [0.25, 0.3) is 11.1 Å². The molecule has 4 fully saturated rings. The first kappa shape index (κ1) is 33.0. The number of anilines is 2. The SMILES string of the molecule is COCCN1CP2CC1CN2c1cc(Cl)c(C(=O)N2COc3c(cccc3-c3cc(N4C5CCC4COC5)c(C(=O)O)cc3F)C2)c(Cl)c1. The third kappa shape index (κ3) is 5.82. The third-order valence-corrected chi connectivity index (χ3v) is 13.6. The Morgan fingerprint density at radius 3 is 2.49 bits per heavy atom. The minimum Gasteiger partial charge on any atom is -0.478 e. The molecule has 4 unspecified atom stereocenters. The van der Waals surface area contributed by atoms with E-state index in [2.05, 4.69) is 14.5 Å². The monoisotopic (exact) mass is 728 g/mol. The fourth-order valence-electron chi connectivity index (χ4n) is 8.00. The van der Waals surface area contributed by atoms with Gasteiger partial charge in [0.25, 0.3) is 5.91 Å². The number of carbonyl (C=O) groups excluding carboxylic acids is 1. The molecule has 3 aromatic rings. The van der Waals surface area contributed by atoms with Crippen LogP contribution in [0, 0.1) is 5.82 Å². The van der Waals surface area contributed by atoms with E-state index in [0.29, 0.717) is 48.4 Å². The van der Waals surface area contributed by atoms with Gasteiger partial charge in [-0.1, -0.05) is 41.4 Å². The van der Waals surface area contributed by atoms with Gasteiger partial charge >= 0.3 is 5.97 Å². The molecule has 8 rings (SSSR count). The van der Waals surface area contributed by atoms with Crippen LogP contribution < -0.4 is 14.3 Å². The molecule has 14 heteroatoms. The van der Waals surface area contributed by atoms with Gasteiger partial charge in [-0.25, -0.2) is 9.18 Å². The highest BCUT2D eigenvalue weighted by Gasteiger charge is 2.44. The molecule has 1 amide bonds. The van der Waals surface area contributed by atoms with Gasteiger partial charge in [0, 0.05) is 69.1 Å². The van der Waals surface area contributed by atoms with Gasteiger partial charge in [-0.2, -0.15) is 0 Å². The van der Waals surface area contributed by atoms with Gasteiger partial charge < -0.3 is 33.8 Å². The van der Waals surface area contributed by atoms with Crippen LogP contribution in [-0.2, 0) is 16.0 Å². The molecule has 0 aromatic heterocycles. The van der Waals surface area contributed by atoms with E-state index in [9.17, 15) is 14.7 Å². The first-order chi connectivity index (χ1) is 23.7. The molecular formula is C35H36Cl2FN4O6P. The molecule has 10 nitrogen and oxygen atoms in total. The second-order valence-corrected chi connectivity index (χ2v) is 16.2. The summed E-state index contributed by atoms with van der Waals surface area (Å²) in [6, 6.07) is 12.3. The van der Waals surface area contributed by atoms with E-state index in [1.165, 1.54) is 4.90 Å². The molecule has 4 bridgehead atoms. The molecule has 4 atom stereocenters. The summed E-state index contributed by atoms with van der Waals surface area (Å²) in [5, 5.41) is 10.6. The summed E-state index contributed by atoms with van der Waals surface area (Å²) >= 11 is 13.5. The van der Waals surface area contributed by atoms with Crippen LogP contribution in [0.5, 0.6) is 5.75 Å². The number of methoxy groups -OCH3 is 1. The van der Waals surface area contributed by atoms with Crippen LogP contribution in [0.2, 0.25) is 10.0 Å². The Morgan fingerprint density at radius 1 is 1.06 bits per heavy atom. The van der Waals surface area contributed by atoms with E-state index < -0.39 is 11.8 Å². The first-order valence-electron chi connectivity index (χ1n) is 16.4. The average molecular weight is 730 g/mol. The summed E-state index contributed by atoms with van der Waals surface area (Å²) in [6.07, 6.45) is 3.91. The van der Waals surface area contributed by atoms with Gasteiger partial charge in [0.2, 0.25) is 0 Å². The zero-order valence-electron chi connectivity index (χ0n) is 26.9. The van der Waals surface area contributed by atoms with E-state index in [0.717, 1.165) is 50.1 Å². The number of morpholine rings is 1. The second kappa shape index (κ2) is 13.2. The molecule has 5 heterocycles. The Labute approximate surface area is 295 Å². The van der Waals surface area contributed by atoms with E-state index in [4.69, 9.17) is 37.4 Å². The minimum atomic E-state index is -1.18. The lowest BCUT2D eigenvalue weighted by Gasteiger charge is -2.37. The first-order valence-corrected chi connectivity index (χ1v) is 18.9. The van der Waals surface area contributed by atoms with E-state index in [-0.39, 0.29) is 66.1 Å². The number of amides is 1. The Bertz CT molecular complexity index is 1800. The Balaban J connectivity index is 1.04. The molecule has 0 radical (unpaired) electrons. The van der Waals surface area contributed by atoms with Crippen molar-refractivity contribution in [3.05, 3.63) is 75.0 Å². The molecule has 3 aromatic carbocycles. The number of nitrogens with zero attached hydrogens (tertiary/aromatic N) is 4. The van der Waals surface area contributed by atoms with Crippen LogP contribution in [0.15, 0.2) is 42.5 Å². The van der Waals surface area contributed by atoms with Crippen LogP contribution in [0.1, 0.15) is 39.1 Å². The molecule has 49 heavy (non-hydrogen) atoms. The lowest BCUT2D eigenvalue weighted by molar-refractivity contribution is 0.0516. The molecule has 0 spiro atoms. The second-order valence-electron chi connectivity index (χ2n) is 13.2. The summed E-state index contributed by atoms with van der Waals surface area (Å²) in [6.45, 7) is 3.64. The molecule has 4 saturated heterocycles. The fraction of sp³-hybridized carbons (Fsp3) is 0.429. The number of benzene rings is 3. The van der Waals surface area contributed by atoms with Gasteiger partial charge in [-0.15, -0.1) is 0 Å². The van der Waals surface area contributed by atoms with Crippen molar-refractivity contribution in [3.63, 3.8) is 0 Å². The summed E-state index contributed by atoms with van der Waals surface area (Å²) in [5.74, 6) is -1.76. The van der Waals surface area contributed by atoms with Crippen molar-refractivity contribution in [1.29, 1.82) is 0 Å². The zero-order chi connectivity index (χ0) is 34.0. The standard InChI is InChI=1S/C35H36Cl2FN4O6P/c1-46-8-7-39-19-49-17-24(39)14-41(49)23-9-28(36)32(29(37)10-23)34(43)40-13-20-3-2-4-25(33(20)48-18-40)26-12-31(27(35(44)45)11-30(26)38)42-21-5-6-22(42)16-47-15-21/h2-4,9-12,21-22,24H,5-8,13-19H2,1H3,(H,44,45). The van der Waals surface area contributed by atoms with Crippen LogP contribution >= 0.6 is 31.3 Å². The minimum absolute atomic E-state index is 0.0336. The van der Waals surface area contributed by atoms with Crippen molar-refractivity contribution in [2.75, 3.05) is 68.8 Å². The zero-order valence-corrected chi connectivity index (χ0v) is 29.3. The summed E-state index contributed by atoms with van der Waals surface area (Å²) in [4.78, 5) is 32.2. The number of carbonyl (C=O) groups is 2. The predicted octanol–water partition coefficient (Wildman–Crippen LogP) is 6.36. The Morgan fingerprint density at radius 2 is 1.82 bits per heavy atom. The van der Waals surface area contributed by atoms with Crippen molar-refractivity contribution >= 4 is 54.5 Å². The maximum absolute atomic E-state index is 15.7. The van der Waals surface area contributed by atoms with Gasteiger partial charge in [-0.3, -0.25) is 9.69 Å². The number of carboxylic acid groups (broad SMARTS) is 1. The van der Waals surface area contributed by atoms with Gasteiger partial charge in [0.1, 0.15) is 11.6 Å². The quantitative estimate of drug-likeness (QED) is 0.266. The smallest absolute Gasteiger partial charge is 0.337 e. The van der Waals surface area contributed by atoms with Crippen LogP contribution in [-0.4, -0.2) is 104 Å². The van der Waals surface area contributed by atoms with E-state index in [1.807, 2.05) is 18.2 Å². The largest absolute Gasteiger partial charge is 0.478 e. The molecule has 0 aliphatic carbocycles. The topological polar surface area (TPSA) is 95.0 Å². The van der Waals surface area contributed by atoms with Crippen molar-refractivity contribution in [3.8, 4) is 16.9 Å². The highest BCUT2D eigenvalue weighted by atomic mass is 35.5. The van der Waals surface area contributed by atoms with Crippen molar-refractivity contribution in [2.24, 2.45) is 0 Å². The lowest BCUT2D eigenvalue weighted by Crippen LogP contribution is -2.46. The normalized spacial score (nSPS) is 24.4. The number of rotatable bonds is 8. The Hall–Kier alpha value is -3.18. The highest BCUT2D eigenvalue weighted by molar-refractivity contribution is 7.60. The molecule has 258 valence electrons. The van der Waals surface area contributed by atoms with E-state index in [1.54, 1.807) is 25.3 Å². The number of ether oxygens (including phenoxy) is 3. The predicted molar refractivity (Wildman–Crippen MR) is 187 cm³/mol. The highest BCUT2D eigenvalue weighted by Crippen LogP contribution is 2.56. The molecule has 1 N–H and O–H groups in total. The number of hydrogen-bond acceptors (Lipinski definition) is 8. The van der Waals surface area contributed by atoms with E-state index >= 15 is 4.39 Å². The molecule has 5 aliphatic heterocycles. The maximum atomic E-state index is 15.7. The fourth-order valence-corrected chi connectivity index (χ4v) is 11.6. The Kier molecular flexibility index (Phi) is 8.87. The van der Waals surface area contributed by atoms with Gasteiger partial charge in [0.05, 0.1) is 65.3 Å². The number of para-hydroxylation sites is 1. The van der Waals surface area contributed by atoms with Crippen molar-refractivity contribution in [1.82, 2.24) is 9.80 Å². The number of hydrogen-bond donors (Lipinski definition) is 1. The van der Waals surface area contributed by atoms with Crippen LogP contribution in [0.3, 0.4) is 0 Å². The van der Waals surface area contributed by atoms with Crippen LogP contribution in [0.4, 0.5) is 15.8 Å². The third-order valence-electron chi connectivity index (χ3n) is 10.4. The van der Waals surface area contributed by atoms with Gasteiger partial charge in [0.15, 0.2) is 6.73 Å². The summed E-state index contributed by atoms with van der Waals surface area (Å²) < 4.78 is 35.3. The molecular weight excluding hydrogens is 693 g/mol. The average Bonchev–Trinajstić information content (AvgIpc) is 3.76. The maximum Gasteiger partial charge on any atom is 0.337 e. The van der Waals surface area contributed by atoms with Crippen molar-refractivity contribution in [2.45, 2.75) is 37.5 Å². The summed E-state index contributed by atoms with van der Waals surface area (Å²) in [5.41, 5.74) is 2.96. The number of fused-ring (bicyclic) bond motifs is 5. The number of aromatic carboxylic acids is 1. The van der Waals surface area contributed by atoms with Gasteiger partial charge in [-0.05, 0) is 37.1 Å². The number of halogens is 3.